The Hall–Kier alpha value is -1.45. The maximum atomic E-state index is 12.8. The predicted molar refractivity (Wildman–Crippen MR) is 122 cm³/mol. The van der Waals surface area contributed by atoms with Crippen molar-refractivity contribution in [3.8, 4) is 11.5 Å². The van der Waals surface area contributed by atoms with E-state index in [1.54, 1.807) is 23.1 Å². The Kier molecular flexibility index (Phi) is 7.43. The van der Waals surface area contributed by atoms with Crippen molar-refractivity contribution in [3.63, 3.8) is 0 Å². The Bertz CT molecular complexity index is 868. The summed E-state index contributed by atoms with van der Waals surface area (Å²) in [6.07, 6.45) is 6.46. The molecule has 0 radical (unpaired) electrons. The van der Waals surface area contributed by atoms with Crippen LogP contribution in [0.15, 0.2) is 26.9 Å². The van der Waals surface area contributed by atoms with Crippen molar-refractivity contribution in [3.05, 3.63) is 23.8 Å². The van der Waals surface area contributed by atoms with Crippen molar-refractivity contribution >= 4 is 40.8 Å². The molecule has 162 valence electrons. The van der Waals surface area contributed by atoms with Gasteiger partial charge in [-0.05, 0) is 37.0 Å². The largest absolute Gasteiger partial charge is 0.486 e. The molecule has 6 nitrogen and oxygen atoms in total. The molecule has 1 saturated carbocycles. The van der Waals surface area contributed by atoms with Crippen molar-refractivity contribution in [1.82, 2.24) is 15.5 Å². The highest BCUT2D eigenvalue weighted by Crippen LogP contribution is 2.42. The lowest BCUT2D eigenvalue weighted by atomic mass is 9.87. The van der Waals surface area contributed by atoms with Gasteiger partial charge in [0.05, 0.1) is 11.3 Å². The molecule has 1 amide bonds. The lowest BCUT2D eigenvalue weighted by Crippen LogP contribution is -2.44. The Morgan fingerprint density at radius 2 is 1.87 bits per heavy atom. The summed E-state index contributed by atoms with van der Waals surface area (Å²) in [6.45, 7) is 3.32. The van der Waals surface area contributed by atoms with E-state index < -0.39 is 0 Å². The Morgan fingerprint density at radius 3 is 2.63 bits per heavy atom. The molecule has 2 aromatic rings. The topological polar surface area (TPSA) is 73.3 Å². The molecule has 0 unspecified atom stereocenters. The first-order valence-electron chi connectivity index (χ1n) is 10.5. The molecule has 1 aliphatic heterocycles. The maximum absolute atomic E-state index is 12.8. The second kappa shape index (κ2) is 10.2. The number of aromatic nitrogens is 2. The van der Waals surface area contributed by atoms with Gasteiger partial charge < -0.3 is 14.8 Å². The van der Waals surface area contributed by atoms with Crippen molar-refractivity contribution in [1.29, 1.82) is 0 Å². The molecule has 2 aliphatic rings. The van der Waals surface area contributed by atoms with Gasteiger partial charge in [-0.2, -0.15) is 0 Å². The average Bonchev–Trinajstić information content (AvgIpc) is 3.42. The fraction of sp³-hybridized carbons (Fsp3) is 0.571. The number of hydrogen-bond acceptors (Lipinski definition) is 8. The second-order valence-electron chi connectivity index (χ2n) is 7.52. The van der Waals surface area contributed by atoms with Gasteiger partial charge in [-0.1, -0.05) is 67.1 Å². The number of carbonyl (C=O) groups excluding carboxylic acids is 1. The fourth-order valence-corrected chi connectivity index (χ4v) is 6.83. The zero-order chi connectivity index (χ0) is 20.8. The van der Waals surface area contributed by atoms with Crippen LogP contribution in [0.5, 0.6) is 11.5 Å². The van der Waals surface area contributed by atoms with Gasteiger partial charge in [0.15, 0.2) is 20.2 Å². The van der Waals surface area contributed by atoms with Crippen LogP contribution in [0.1, 0.15) is 51.0 Å². The number of thioether (sulfide) groups is 2. The third-order valence-corrected chi connectivity index (χ3v) is 8.64. The number of nitrogens with one attached hydrogen (secondary N) is 1. The standard InChI is InChI=1S/C21H27N3O3S3/c1-2-3-12-28-19-23-24-20(30-19)29-14-18(25)22-21(8-4-5-9-21)15-6-7-16-17(13-15)27-11-10-26-16/h6-7,13H,2-5,8-12,14H2,1H3,(H,22,25). The minimum absolute atomic E-state index is 0.0344. The second-order valence-corrected chi connectivity index (χ2v) is 11.1. The first-order chi connectivity index (χ1) is 14.7. The summed E-state index contributed by atoms with van der Waals surface area (Å²) >= 11 is 4.78. The average molecular weight is 466 g/mol. The number of carbonyl (C=O) groups is 1. The molecule has 1 aromatic carbocycles. The van der Waals surface area contributed by atoms with Crippen molar-refractivity contribution in [2.75, 3.05) is 24.7 Å². The maximum Gasteiger partial charge on any atom is 0.231 e. The number of rotatable bonds is 9. The van der Waals surface area contributed by atoms with E-state index in [0.29, 0.717) is 19.0 Å². The molecule has 1 fully saturated rings. The van der Waals surface area contributed by atoms with Crippen LogP contribution in [0.3, 0.4) is 0 Å². The van der Waals surface area contributed by atoms with E-state index in [0.717, 1.165) is 57.2 Å². The molecular formula is C21H27N3O3S3. The van der Waals surface area contributed by atoms with Crippen LogP contribution in [-0.2, 0) is 10.3 Å². The number of nitrogens with zero attached hydrogens (tertiary/aromatic N) is 2. The van der Waals surface area contributed by atoms with Crippen molar-refractivity contribution in [2.24, 2.45) is 0 Å². The van der Waals surface area contributed by atoms with Crippen LogP contribution < -0.4 is 14.8 Å². The summed E-state index contributed by atoms with van der Waals surface area (Å²) in [5, 5.41) is 11.8. The van der Waals surface area contributed by atoms with Crippen molar-refractivity contribution < 1.29 is 14.3 Å². The molecule has 9 heteroatoms. The zero-order valence-corrected chi connectivity index (χ0v) is 19.6. The minimum atomic E-state index is -0.324. The van der Waals surface area contributed by atoms with Gasteiger partial charge >= 0.3 is 0 Å². The lowest BCUT2D eigenvalue weighted by molar-refractivity contribution is -0.120. The lowest BCUT2D eigenvalue weighted by Gasteiger charge is -2.32. The highest BCUT2D eigenvalue weighted by Gasteiger charge is 2.37. The normalized spacial score (nSPS) is 17.1. The Labute approximate surface area is 189 Å². The van der Waals surface area contributed by atoms with Gasteiger partial charge in [0.2, 0.25) is 5.91 Å². The summed E-state index contributed by atoms with van der Waals surface area (Å²) in [4.78, 5) is 12.8. The minimum Gasteiger partial charge on any atom is -0.486 e. The number of benzene rings is 1. The quantitative estimate of drug-likeness (QED) is 0.418. The fourth-order valence-electron chi connectivity index (χ4n) is 3.85. The van der Waals surface area contributed by atoms with Gasteiger partial charge in [0, 0.05) is 5.75 Å². The molecular weight excluding hydrogens is 438 g/mol. The number of hydrogen-bond donors (Lipinski definition) is 1. The van der Waals surface area contributed by atoms with Crippen LogP contribution in [0.4, 0.5) is 0 Å². The highest BCUT2D eigenvalue weighted by molar-refractivity contribution is 8.03. The van der Waals surface area contributed by atoms with E-state index in [2.05, 4.69) is 28.5 Å². The smallest absolute Gasteiger partial charge is 0.231 e. The first-order valence-corrected chi connectivity index (χ1v) is 13.3. The number of fused-ring (bicyclic) bond motifs is 1. The number of amides is 1. The molecule has 0 bridgehead atoms. The van der Waals surface area contributed by atoms with E-state index in [4.69, 9.17) is 9.47 Å². The summed E-state index contributed by atoms with van der Waals surface area (Å²) < 4.78 is 13.2. The monoisotopic (exact) mass is 465 g/mol. The molecule has 2 heterocycles. The van der Waals surface area contributed by atoms with Crippen LogP contribution in [0.2, 0.25) is 0 Å². The number of ether oxygens (including phenoxy) is 2. The Balaban J connectivity index is 1.37. The SMILES string of the molecule is CCCCSc1nnc(SCC(=O)NC2(c3ccc4c(c3)OCCO4)CCCC2)s1. The third-order valence-electron chi connectivity index (χ3n) is 5.37. The highest BCUT2D eigenvalue weighted by atomic mass is 32.2. The molecule has 1 N–H and O–H groups in total. The van der Waals surface area contributed by atoms with E-state index in [1.165, 1.54) is 24.6 Å². The molecule has 1 aliphatic carbocycles. The van der Waals surface area contributed by atoms with Gasteiger partial charge in [0.25, 0.3) is 0 Å². The van der Waals surface area contributed by atoms with Gasteiger partial charge in [-0.15, -0.1) is 10.2 Å². The van der Waals surface area contributed by atoms with E-state index >= 15 is 0 Å². The summed E-state index contributed by atoms with van der Waals surface area (Å²) in [7, 11) is 0. The summed E-state index contributed by atoms with van der Waals surface area (Å²) in [5.74, 6) is 3.00. The molecule has 0 spiro atoms. The van der Waals surface area contributed by atoms with Crippen LogP contribution in [0.25, 0.3) is 0 Å². The number of unbranched alkanes of at least 4 members (excludes halogenated alkanes) is 1. The summed E-state index contributed by atoms with van der Waals surface area (Å²) in [5.41, 5.74) is 0.781. The van der Waals surface area contributed by atoms with Crippen molar-refractivity contribution in [2.45, 2.75) is 59.7 Å². The van der Waals surface area contributed by atoms with Gasteiger partial charge in [-0.3, -0.25) is 4.79 Å². The summed E-state index contributed by atoms with van der Waals surface area (Å²) in [6, 6.07) is 6.07. The first kappa shape index (κ1) is 21.8. The molecule has 0 atom stereocenters. The zero-order valence-electron chi connectivity index (χ0n) is 17.1. The van der Waals surface area contributed by atoms with E-state index in [-0.39, 0.29) is 11.4 Å². The predicted octanol–water partition coefficient (Wildman–Crippen LogP) is 4.88. The molecule has 4 rings (SSSR count). The van der Waals surface area contributed by atoms with Gasteiger partial charge in [-0.25, -0.2) is 0 Å². The van der Waals surface area contributed by atoms with Gasteiger partial charge in [0.1, 0.15) is 13.2 Å². The third kappa shape index (κ3) is 5.23. The van der Waals surface area contributed by atoms with Crippen LogP contribution >= 0.6 is 34.9 Å². The molecule has 1 aromatic heterocycles. The van der Waals surface area contributed by atoms with E-state index in [9.17, 15) is 4.79 Å². The molecule has 30 heavy (non-hydrogen) atoms. The van der Waals surface area contributed by atoms with Crippen LogP contribution in [-0.4, -0.2) is 40.8 Å². The Morgan fingerprint density at radius 1 is 1.13 bits per heavy atom. The van der Waals surface area contributed by atoms with Crippen LogP contribution in [0, 0.1) is 0 Å². The molecule has 0 saturated heterocycles. The van der Waals surface area contributed by atoms with E-state index in [1.807, 2.05) is 12.1 Å².